The van der Waals surface area contributed by atoms with Crippen LogP contribution in [0.1, 0.15) is 42.9 Å². The van der Waals surface area contributed by atoms with E-state index in [1.807, 2.05) is 74.5 Å². The van der Waals surface area contributed by atoms with Crippen LogP contribution in [0, 0.1) is 5.92 Å². The Morgan fingerprint density at radius 3 is 1.92 bits per heavy atom. The van der Waals surface area contributed by atoms with Crippen molar-refractivity contribution >= 4 is 23.6 Å². The SMILES string of the molecule is CC[C@H](C)[C@H](NC(=O)OCc1ccccc1)C(=O)C(c1ccccc1)[C@H](N)C(=O)C(=O)NCc1ccccc1. The lowest BCUT2D eigenvalue weighted by atomic mass is 9.79. The molecule has 2 amide bonds. The Kier molecular flexibility index (Phi) is 10.9. The molecule has 4 atom stereocenters. The number of hydrogen-bond donors (Lipinski definition) is 3. The number of rotatable bonds is 13. The molecule has 0 aliphatic heterocycles. The second-order valence-electron chi connectivity index (χ2n) is 9.42. The Labute approximate surface area is 228 Å². The van der Waals surface area contributed by atoms with Crippen molar-refractivity contribution < 1.29 is 23.9 Å². The number of carbonyl (C=O) groups excluding carboxylic acids is 4. The van der Waals surface area contributed by atoms with E-state index in [9.17, 15) is 19.2 Å². The van der Waals surface area contributed by atoms with Crippen LogP contribution in [0.2, 0.25) is 0 Å². The van der Waals surface area contributed by atoms with Gasteiger partial charge in [0.15, 0.2) is 5.78 Å². The van der Waals surface area contributed by atoms with E-state index in [4.69, 9.17) is 10.5 Å². The van der Waals surface area contributed by atoms with Crippen molar-refractivity contribution in [1.82, 2.24) is 10.6 Å². The van der Waals surface area contributed by atoms with Crippen molar-refractivity contribution in [3.8, 4) is 0 Å². The Balaban J connectivity index is 1.78. The van der Waals surface area contributed by atoms with E-state index < -0.39 is 41.6 Å². The van der Waals surface area contributed by atoms with Gasteiger partial charge in [0, 0.05) is 6.54 Å². The van der Waals surface area contributed by atoms with Crippen LogP contribution in [0.5, 0.6) is 0 Å². The summed E-state index contributed by atoms with van der Waals surface area (Å²) in [7, 11) is 0. The minimum Gasteiger partial charge on any atom is -0.445 e. The monoisotopic (exact) mass is 529 g/mol. The molecule has 0 aliphatic carbocycles. The highest BCUT2D eigenvalue weighted by molar-refractivity contribution is 6.38. The number of Topliss-reactive ketones (excluding diaryl/α,β-unsaturated/α-hetero) is 2. The molecule has 3 rings (SSSR count). The number of ketones is 2. The fourth-order valence-electron chi connectivity index (χ4n) is 4.19. The number of hydrogen-bond acceptors (Lipinski definition) is 6. The van der Waals surface area contributed by atoms with Gasteiger partial charge >= 0.3 is 6.09 Å². The van der Waals surface area contributed by atoms with E-state index in [1.54, 1.807) is 30.3 Å². The van der Waals surface area contributed by atoms with Crippen molar-refractivity contribution in [2.75, 3.05) is 0 Å². The maximum atomic E-state index is 14.0. The third-order valence-electron chi connectivity index (χ3n) is 6.65. The first-order valence-corrected chi connectivity index (χ1v) is 13.0. The summed E-state index contributed by atoms with van der Waals surface area (Å²) in [5, 5.41) is 5.26. The first-order chi connectivity index (χ1) is 18.8. The van der Waals surface area contributed by atoms with Crippen LogP contribution >= 0.6 is 0 Å². The second-order valence-corrected chi connectivity index (χ2v) is 9.42. The standard InChI is InChI=1S/C31H35N3O5/c1-3-21(2)27(34-31(38)39-20-23-15-9-5-10-16-23)28(35)25(24-17-11-6-12-18-24)26(32)29(36)30(37)33-19-22-13-7-4-8-14-22/h4-18,21,25-27H,3,19-20,32H2,1-2H3,(H,33,37)(H,34,38)/t21-,25?,26-,27-/m0/s1. The van der Waals surface area contributed by atoms with Gasteiger partial charge in [0.1, 0.15) is 6.61 Å². The summed E-state index contributed by atoms with van der Waals surface area (Å²) in [6, 6.07) is 24.4. The molecule has 4 N–H and O–H groups in total. The zero-order valence-electron chi connectivity index (χ0n) is 22.2. The second kappa shape index (κ2) is 14.6. The molecule has 3 aromatic carbocycles. The van der Waals surface area contributed by atoms with E-state index in [2.05, 4.69) is 10.6 Å². The Morgan fingerprint density at radius 1 is 0.821 bits per heavy atom. The molecule has 8 nitrogen and oxygen atoms in total. The lowest BCUT2D eigenvalue weighted by Crippen LogP contribution is -2.53. The topological polar surface area (TPSA) is 128 Å². The van der Waals surface area contributed by atoms with Crippen LogP contribution in [-0.4, -0.2) is 35.7 Å². The van der Waals surface area contributed by atoms with Crippen LogP contribution in [-0.2, 0) is 32.3 Å². The fraction of sp³-hybridized carbons (Fsp3) is 0.290. The summed E-state index contributed by atoms with van der Waals surface area (Å²) in [6.07, 6.45) is -0.192. The highest BCUT2D eigenvalue weighted by Crippen LogP contribution is 2.25. The number of alkyl carbamates (subject to hydrolysis) is 1. The van der Waals surface area contributed by atoms with E-state index in [0.717, 1.165) is 11.1 Å². The number of ether oxygens (including phenoxy) is 1. The molecule has 204 valence electrons. The quantitative estimate of drug-likeness (QED) is 0.288. The third kappa shape index (κ3) is 8.35. The van der Waals surface area contributed by atoms with Crippen molar-refractivity contribution in [3.05, 3.63) is 108 Å². The van der Waals surface area contributed by atoms with Gasteiger partial charge in [0.05, 0.1) is 18.0 Å². The highest BCUT2D eigenvalue weighted by atomic mass is 16.5. The summed E-state index contributed by atoms with van der Waals surface area (Å²) in [5.41, 5.74) is 8.43. The normalized spacial score (nSPS) is 13.8. The number of nitrogens with two attached hydrogens (primary N) is 1. The Bertz CT molecular complexity index is 1230. The van der Waals surface area contributed by atoms with Gasteiger partial charge in [-0.15, -0.1) is 0 Å². The molecule has 3 aromatic rings. The minimum atomic E-state index is -1.45. The van der Waals surface area contributed by atoms with Crippen molar-refractivity contribution in [2.24, 2.45) is 11.7 Å². The van der Waals surface area contributed by atoms with Gasteiger partial charge in [-0.05, 0) is 22.6 Å². The molecule has 8 heteroatoms. The van der Waals surface area contributed by atoms with Crippen LogP contribution in [0.25, 0.3) is 0 Å². The van der Waals surface area contributed by atoms with E-state index in [-0.39, 0.29) is 19.1 Å². The first kappa shape index (κ1) is 29.3. The van der Waals surface area contributed by atoms with Crippen LogP contribution in [0.15, 0.2) is 91.0 Å². The predicted molar refractivity (Wildman–Crippen MR) is 148 cm³/mol. The lowest BCUT2D eigenvalue weighted by molar-refractivity contribution is -0.140. The Hall–Kier alpha value is -4.30. The first-order valence-electron chi connectivity index (χ1n) is 13.0. The molecule has 0 bridgehead atoms. The van der Waals surface area contributed by atoms with E-state index >= 15 is 0 Å². The number of amides is 2. The number of carbonyl (C=O) groups is 4. The summed E-state index contributed by atoms with van der Waals surface area (Å²) in [4.78, 5) is 52.5. The van der Waals surface area contributed by atoms with E-state index in [0.29, 0.717) is 12.0 Å². The molecule has 39 heavy (non-hydrogen) atoms. The molecule has 0 fully saturated rings. The summed E-state index contributed by atoms with van der Waals surface area (Å²) >= 11 is 0. The maximum Gasteiger partial charge on any atom is 0.408 e. The minimum absolute atomic E-state index is 0.0375. The average Bonchev–Trinajstić information content (AvgIpc) is 2.98. The lowest BCUT2D eigenvalue weighted by Gasteiger charge is -2.29. The van der Waals surface area contributed by atoms with Gasteiger partial charge in [-0.3, -0.25) is 14.4 Å². The van der Waals surface area contributed by atoms with Gasteiger partial charge in [-0.2, -0.15) is 0 Å². The number of benzene rings is 3. The molecule has 0 heterocycles. The molecule has 1 unspecified atom stereocenters. The highest BCUT2D eigenvalue weighted by Gasteiger charge is 2.40. The van der Waals surface area contributed by atoms with Crippen LogP contribution < -0.4 is 16.4 Å². The smallest absolute Gasteiger partial charge is 0.408 e. The van der Waals surface area contributed by atoms with Gasteiger partial charge in [-0.1, -0.05) is 111 Å². The Morgan fingerprint density at radius 2 is 1.36 bits per heavy atom. The van der Waals surface area contributed by atoms with Gasteiger partial charge in [0.25, 0.3) is 5.91 Å². The van der Waals surface area contributed by atoms with Crippen molar-refractivity contribution in [1.29, 1.82) is 0 Å². The molecular weight excluding hydrogens is 494 g/mol. The van der Waals surface area contributed by atoms with Crippen molar-refractivity contribution in [2.45, 2.75) is 51.4 Å². The van der Waals surface area contributed by atoms with Gasteiger partial charge < -0.3 is 21.1 Å². The summed E-state index contributed by atoms with van der Waals surface area (Å²) < 4.78 is 5.34. The molecule has 0 radical (unpaired) electrons. The summed E-state index contributed by atoms with van der Waals surface area (Å²) in [6.45, 7) is 3.89. The average molecular weight is 530 g/mol. The third-order valence-corrected chi connectivity index (χ3v) is 6.65. The number of nitrogens with one attached hydrogen (secondary N) is 2. The molecule has 0 aliphatic rings. The fourth-order valence-corrected chi connectivity index (χ4v) is 4.19. The molecular formula is C31H35N3O5. The molecule has 0 saturated carbocycles. The van der Waals surface area contributed by atoms with Crippen molar-refractivity contribution in [3.63, 3.8) is 0 Å². The zero-order valence-corrected chi connectivity index (χ0v) is 22.2. The predicted octanol–water partition coefficient (Wildman–Crippen LogP) is 3.89. The summed E-state index contributed by atoms with van der Waals surface area (Å²) in [5.74, 6) is -3.71. The van der Waals surface area contributed by atoms with Crippen LogP contribution in [0.3, 0.4) is 0 Å². The van der Waals surface area contributed by atoms with Crippen LogP contribution in [0.4, 0.5) is 4.79 Å². The largest absolute Gasteiger partial charge is 0.445 e. The molecule has 0 spiro atoms. The van der Waals surface area contributed by atoms with E-state index in [1.165, 1.54) is 0 Å². The maximum absolute atomic E-state index is 14.0. The molecule has 0 saturated heterocycles. The molecule has 0 aromatic heterocycles. The van der Waals surface area contributed by atoms with Gasteiger partial charge in [0.2, 0.25) is 5.78 Å². The zero-order chi connectivity index (χ0) is 28.2. The van der Waals surface area contributed by atoms with Gasteiger partial charge in [-0.25, -0.2) is 4.79 Å².